The van der Waals surface area contributed by atoms with E-state index in [1.807, 2.05) is 0 Å². The Bertz CT molecular complexity index is 573. The summed E-state index contributed by atoms with van der Waals surface area (Å²) in [5.41, 5.74) is 2.47. The Morgan fingerprint density at radius 2 is 1.95 bits per heavy atom. The predicted molar refractivity (Wildman–Crippen MR) is 85.2 cm³/mol. The highest BCUT2D eigenvalue weighted by atomic mass is 15.2. The molecule has 1 saturated heterocycles. The van der Waals surface area contributed by atoms with E-state index in [2.05, 4.69) is 47.5 Å². The van der Waals surface area contributed by atoms with E-state index >= 15 is 0 Å². The monoisotopic (exact) mass is 269 g/mol. The Morgan fingerprint density at radius 1 is 1.15 bits per heavy atom. The summed E-state index contributed by atoms with van der Waals surface area (Å²) in [5, 5.41) is 4.71. The number of fused-ring (bicyclic) bond motifs is 1. The zero-order valence-electron chi connectivity index (χ0n) is 12.2. The van der Waals surface area contributed by atoms with Crippen LogP contribution in [0.5, 0.6) is 0 Å². The number of benzene rings is 1. The summed E-state index contributed by atoms with van der Waals surface area (Å²) in [6, 6.07) is 10.7. The second-order valence-electron chi connectivity index (χ2n) is 5.48. The second kappa shape index (κ2) is 6.23. The third-order valence-electron chi connectivity index (χ3n) is 4.03. The van der Waals surface area contributed by atoms with Gasteiger partial charge in [-0.25, -0.2) is 4.98 Å². The number of hydrogen-bond acceptors (Lipinski definition) is 3. The summed E-state index contributed by atoms with van der Waals surface area (Å²) in [7, 11) is 0. The number of para-hydroxylation sites is 1. The first kappa shape index (κ1) is 13.4. The molecule has 1 N–H and O–H groups in total. The molecule has 1 aliphatic heterocycles. The highest BCUT2D eigenvalue weighted by molar-refractivity contribution is 5.84. The van der Waals surface area contributed by atoms with Gasteiger partial charge in [-0.3, -0.25) is 0 Å². The summed E-state index contributed by atoms with van der Waals surface area (Å²) in [6.45, 7) is 6.35. The van der Waals surface area contributed by atoms with Crippen LogP contribution in [0.3, 0.4) is 0 Å². The molecule has 1 fully saturated rings. The van der Waals surface area contributed by atoms with Gasteiger partial charge in [0.25, 0.3) is 0 Å². The van der Waals surface area contributed by atoms with Gasteiger partial charge in [0.05, 0.1) is 5.52 Å². The van der Waals surface area contributed by atoms with Gasteiger partial charge in [0.15, 0.2) is 0 Å². The highest BCUT2D eigenvalue weighted by Crippen LogP contribution is 2.25. The SMILES string of the molecule is CCNCc1cc(N2CCCCC2)nc2ccccc12. The Kier molecular flexibility index (Phi) is 4.16. The molecule has 0 radical (unpaired) electrons. The van der Waals surface area contributed by atoms with E-state index in [-0.39, 0.29) is 0 Å². The van der Waals surface area contributed by atoms with E-state index in [1.165, 1.54) is 30.2 Å². The quantitative estimate of drug-likeness (QED) is 0.922. The summed E-state index contributed by atoms with van der Waals surface area (Å²) >= 11 is 0. The van der Waals surface area contributed by atoms with Crippen LogP contribution < -0.4 is 10.2 Å². The van der Waals surface area contributed by atoms with Crippen LogP contribution in [-0.2, 0) is 6.54 Å². The molecule has 1 aromatic heterocycles. The Balaban J connectivity index is 1.99. The minimum absolute atomic E-state index is 0.917. The third kappa shape index (κ3) is 2.78. The first-order valence-corrected chi connectivity index (χ1v) is 7.73. The second-order valence-corrected chi connectivity index (χ2v) is 5.48. The van der Waals surface area contributed by atoms with Crippen molar-refractivity contribution in [3.8, 4) is 0 Å². The number of rotatable bonds is 4. The van der Waals surface area contributed by atoms with Gasteiger partial charge in [-0.1, -0.05) is 25.1 Å². The molecule has 3 rings (SSSR count). The summed E-state index contributed by atoms with van der Waals surface area (Å²) in [4.78, 5) is 7.30. The van der Waals surface area contributed by atoms with Crippen LogP contribution in [0, 0.1) is 0 Å². The van der Waals surface area contributed by atoms with Crippen LogP contribution in [0.1, 0.15) is 31.7 Å². The zero-order valence-corrected chi connectivity index (χ0v) is 12.2. The van der Waals surface area contributed by atoms with Crippen molar-refractivity contribution < 1.29 is 0 Å². The van der Waals surface area contributed by atoms with Crippen LogP contribution >= 0.6 is 0 Å². The van der Waals surface area contributed by atoms with E-state index in [9.17, 15) is 0 Å². The average molecular weight is 269 g/mol. The zero-order chi connectivity index (χ0) is 13.8. The highest BCUT2D eigenvalue weighted by Gasteiger charge is 2.14. The molecule has 0 amide bonds. The van der Waals surface area contributed by atoms with Gasteiger partial charge in [-0.05, 0) is 43.5 Å². The fourth-order valence-corrected chi connectivity index (χ4v) is 2.92. The number of nitrogens with zero attached hydrogens (tertiary/aromatic N) is 2. The molecule has 0 saturated carbocycles. The largest absolute Gasteiger partial charge is 0.357 e. The lowest BCUT2D eigenvalue weighted by molar-refractivity contribution is 0.573. The van der Waals surface area contributed by atoms with Crippen LogP contribution in [-0.4, -0.2) is 24.6 Å². The summed E-state index contributed by atoms with van der Waals surface area (Å²) in [6.07, 6.45) is 3.93. The van der Waals surface area contributed by atoms with Gasteiger partial charge in [-0.15, -0.1) is 0 Å². The molecule has 20 heavy (non-hydrogen) atoms. The van der Waals surface area contributed by atoms with Gasteiger partial charge in [0.1, 0.15) is 5.82 Å². The molecule has 0 aliphatic carbocycles. The van der Waals surface area contributed by atoms with Crippen molar-refractivity contribution in [1.29, 1.82) is 0 Å². The van der Waals surface area contributed by atoms with Gasteiger partial charge < -0.3 is 10.2 Å². The smallest absolute Gasteiger partial charge is 0.129 e. The minimum Gasteiger partial charge on any atom is -0.357 e. The van der Waals surface area contributed by atoms with Crippen LogP contribution in [0.2, 0.25) is 0 Å². The number of nitrogens with one attached hydrogen (secondary N) is 1. The number of anilines is 1. The first-order valence-electron chi connectivity index (χ1n) is 7.73. The van der Waals surface area contributed by atoms with Gasteiger partial charge in [0, 0.05) is 25.0 Å². The molecule has 3 nitrogen and oxygen atoms in total. The molecule has 1 aliphatic rings. The van der Waals surface area contributed by atoms with Crippen molar-refractivity contribution in [2.24, 2.45) is 0 Å². The van der Waals surface area contributed by atoms with Crippen molar-refractivity contribution in [2.45, 2.75) is 32.7 Å². The summed E-state index contributed by atoms with van der Waals surface area (Å²) in [5.74, 6) is 1.15. The molecule has 1 aromatic carbocycles. The third-order valence-corrected chi connectivity index (χ3v) is 4.03. The maximum atomic E-state index is 4.87. The molecule has 0 unspecified atom stereocenters. The van der Waals surface area contributed by atoms with Crippen molar-refractivity contribution in [3.63, 3.8) is 0 Å². The van der Waals surface area contributed by atoms with Gasteiger partial charge >= 0.3 is 0 Å². The molecule has 2 heterocycles. The minimum atomic E-state index is 0.917. The van der Waals surface area contributed by atoms with E-state index in [4.69, 9.17) is 4.98 Å². The molecule has 0 bridgehead atoms. The number of piperidine rings is 1. The molecule has 3 heteroatoms. The molecular weight excluding hydrogens is 246 g/mol. The predicted octanol–water partition coefficient (Wildman–Crippen LogP) is 3.33. The molecule has 2 aromatic rings. The van der Waals surface area contributed by atoms with Crippen LogP contribution in [0.25, 0.3) is 10.9 Å². The van der Waals surface area contributed by atoms with Crippen molar-refractivity contribution in [3.05, 3.63) is 35.9 Å². The van der Waals surface area contributed by atoms with E-state index in [0.717, 1.165) is 37.5 Å². The Labute approximate surface area is 121 Å². The maximum Gasteiger partial charge on any atom is 0.129 e. The topological polar surface area (TPSA) is 28.2 Å². The Morgan fingerprint density at radius 3 is 2.75 bits per heavy atom. The average Bonchev–Trinajstić information content (AvgIpc) is 2.53. The first-order chi connectivity index (χ1) is 9.88. The normalized spacial score (nSPS) is 15.8. The Hall–Kier alpha value is -1.61. The maximum absolute atomic E-state index is 4.87. The number of aromatic nitrogens is 1. The van der Waals surface area contributed by atoms with Gasteiger partial charge in [0.2, 0.25) is 0 Å². The fraction of sp³-hybridized carbons (Fsp3) is 0.471. The van der Waals surface area contributed by atoms with Crippen LogP contribution in [0.15, 0.2) is 30.3 Å². The van der Waals surface area contributed by atoms with E-state index in [0.29, 0.717) is 0 Å². The lowest BCUT2D eigenvalue weighted by Crippen LogP contribution is -2.30. The van der Waals surface area contributed by atoms with Crippen LogP contribution in [0.4, 0.5) is 5.82 Å². The molecule has 0 spiro atoms. The van der Waals surface area contributed by atoms with Crippen molar-refractivity contribution in [2.75, 3.05) is 24.5 Å². The number of hydrogen-bond donors (Lipinski definition) is 1. The molecular formula is C17H23N3. The fourth-order valence-electron chi connectivity index (χ4n) is 2.92. The van der Waals surface area contributed by atoms with Crippen molar-refractivity contribution >= 4 is 16.7 Å². The van der Waals surface area contributed by atoms with Crippen molar-refractivity contribution in [1.82, 2.24) is 10.3 Å². The lowest BCUT2D eigenvalue weighted by atomic mass is 10.1. The van der Waals surface area contributed by atoms with E-state index in [1.54, 1.807) is 0 Å². The lowest BCUT2D eigenvalue weighted by Gasteiger charge is -2.28. The van der Waals surface area contributed by atoms with Gasteiger partial charge in [-0.2, -0.15) is 0 Å². The molecule has 106 valence electrons. The number of pyridine rings is 1. The summed E-state index contributed by atoms with van der Waals surface area (Å²) < 4.78 is 0. The standard InChI is InChI=1S/C17H23N3/c1-2-18-13-14-12-17(20-10-6-3-7-11-20)19-16-9-5-4-8-15(14)16/h4-5,8-9,12,18H,2-3,6-7,10-11,13H2,1H3. The van der Waals surface area contributed by atoms with E-state index < -0.39 is 0 Å². The molecule has 0 atom stereocenters.